The molecule has 2 rings (SSSR count). The second kappa shape index (κ2) is 8.84. The van der Waals surface area contributed by atoms with Gasteiger partial charge in [-0.2, -0.15) is 0 Å². The van der Waals surface area contributed by atoms with Crippen molar-refractivity contribution in [2.24, 2.45) is 0 Å². The van der Waals surface area contributed by atoms with Crippen LogP contribution in [-0.2, 0) is 0 Å². The van der Waals surface area contributed by atoms with Crippen LogP contribution in [0.4, 0.5) is 8.78 Å². The van der Waals surface area contributed by atoms with E-state index in [4.69, 9.17) is 11.6 Å². The minimum Gasteiger partial charge on any atom is -0.545 e. The highest BCUT2D eigenvalue weighted by atomic mass is 35.5. The van der Waals surface area contributed by atoms with E-state index >= 15 is 0 Å². The Kier molecular flexibility index (Phi) is 7.13. The van der Waals surface area contributed by atoms with E-state index in [0.29, 0.717) is 0 Å². The van der Waals surface area contributed by atoms with Gasteiger partial charge < -0.3 is 29.3 Å². The molecule has 6 nitrogen and oxygen atoms in total. The van der Waals surface area contributed by atoms with Gasteiger partial charge in [0, 0.05) is 17.2 Å². The van der Waals surface area contributed by atoms with Crippen molar-refractivity contribution in [3.8, 4) is 11.5 Å². The van der Waals surface area contributed by atoms with Crippen molar-refractivity contribution in [1.29, 1.82) is 0 Å². The third-order valence-corrected chi connectivity index (χ3v) is 3.11. The van der Waals surface area contributed by atoms with Gasteiger partial charge in [-0.3, -0.25) is 0 Å². The Morgan fingerprint density at radius 2 is 1.64 bits per heavy atom. The van der Waals surface area contributed by atoms with Gasteiger partial charge in [-0.25, -0.2) is 8.78 Å². The summed E-state index contributed by atoms with van der Waals surface area (Å²) in [5.74, 6) is -4.73. The number of benzene rings is 2. The van der Waals surface area contributed by atoms with Crippen molar-refractivity contribution < 1.29 is 38.1 Å². The van der Waals surface area contributed by atoms with Crippen LogP contribution in [0.3, 0.4) is 0 Å². The number of hydrogen-bond donors (Lipinski definition) is 0. The summed E-state index contributed by atoms with van der Waals surface area (Å²) < 4.78 is 34.9. The number of carbonyl (C=O) groups excluding carboxylic acids is 2. The van der Waals surface area contributed by atoms with Gasteiger partial charge in [0.15, 0.2) is 11.6 Å². The van der Waals surface area contributed by atoms with Crippen molar-refractivity contribution in [3.05, 3.63) is 58.1 Å². The molecule has 0 amide bonds. The SMILES string of the molecule is COc1c(C(=O)[O-])ccc(Cl)c1F.COc1cc(F)cc(C(=O)[O-])c1. The number of hydrogen-bond acceptors (Lipinski definition) is 6. The maximum absolute atomic E-state index is 13.1. The monoisotopic (exact) mass is 372 g/mol. The lowest BCUT2D eigenvalue weighted by Gasteiger charge is -2.10. The van der Waals surface area contributed by atoms with Crippen molar-refractivity contribution >= 4 is 23.5 Å². The number of carbonyl (C=O) groups is 2. The standard InChI is InChI=1S/C8H6ClFO3.C8H7FO3/c1-13-7-4(8(11)12)2-3-5(9)6(7)10;1-12-7-3-5(8(10)11)2-6(9)4-7/h2-3H,1H3,(H,11,12);2-4H,1H3,(H,10,11)/p-2. The molecule has 134 valence electrons. The quantitative estimate of drug-likeness (QED) is 0.795. The Hall–Kier alpha value is -2.87. The van der Waals surface area contributed by atoms with Gasteiger partial charge in [-0.15, -0.1) is 0 Å². The van der Waals surface area contributed by atoms with Crippen LogP contribution in [0.15, 0.2) is 30.3 Å². The Labute approximate surface area is 146 Å². The zero-order valence-corrected chi connectivity index (χ0v) is 13.7. The lowest BCUT2D eigenvalue weighted by Crippen LogP contribution is -2.23. The summed E-state index contributed by atoms with van der Waals surface area (Å²) in [6, 6.07) is 5.41. The Bertz CT molecular complexity index is 794. The molecule has 25 heavy (non-hydrogen) atoms. The lowest BCUT2D eigenvalue weighted by molar-refractivity contribution is -0.256. The molecule has 0 heterocycles. The second-order valence-corrected chi connectivity index (χ2v) is 4.80. The van der Waals surface area contributed by atoms with Crippen LogP contribution >= 0.6 is 11.6 Å². The van der Waals surface area contributed by atoms with Crippen molar-refractivity contribution in [3.63, 3.8) is 0 Å². The fraction of sp³-hybridized carbons (Fsp3) is 0.125. The minimum absolute atomic E-state index is 0.161. The smallest absolute Gasteiger partial charge is 0.184 e. The van der Waals surface area contributed by atoms with E-state index in [0.717, 1.165) is 31.4 Å². The van der Waals surface area contributed by atoms with Gasteiger partial charge >= 0.3 is 0 Å². The molecule has 2 aromatic carbocycles. The summed E-state index contributed by atoms with van der Waals surface area (Å²) in [6.07, 6.45) is 0. The van der Waals surface area contributed by atoms with E-state index < -0.39 is 29.3 Å². The topological polar surface area (TPSA) is 98.7 Å². The number of carboxylic acid groups (broad SMARTS) is 2. The van der Waals surface area contributed by atoms with Crippen LogP contribution in [0.1, 0.15) is 20.7 Å². The molecule has 0 unspecified atom stereocenters. The molecule has 0 aromatic heterocycles. The van der Waals surface area contributed by atoms with Gasteiger partial charge in [0.2, 0.25) is 0 Å². The molecule has 0 radical (unpaired) electrons. The fourth-order valence-corrected chi connectivity index (χ4v) is 1.84. The van der Waals surface area contributed by atoms with Crippen LogP contribution in [-0.4, -0.2) is 26.2 Å². The Morgan fingerprint density at radius 1 is 1.00 bits per heavy atom. The second-order valence-electron chi connectivity index (χ2n) is 4.40. The zero-order valence-electron chi connectivity index (χ0n) is 13.0. The molecule has 0 atom stereocenters. The molecule has 0 spiro atoms. The number of carboxylic acids is 2. The van der Waals surface area contributed by atoms with Crippen LogP contribution < -0.4 is 19.7 Å². The van der Waals surface area contributed by atoms with E-state index in [-0.39, 0.29) is 21.9 Å². The van der Waals surface area contributed by atoms with Gasteiger partial charge in [0.1, 0.15) is 11.6 Å². The number of methoxy groups -OCH3 is 2. The van der Waals surface area contributed by atoms with Gasteiger partial charge in [0.25, 0.3) is 0 Å². The highest BCUT2D eigenvalue weighted by Crippen LogP contribution is 2.27. The third-order valence-electron chi connectivity index (χ3n) is 2.82. The van der Waals surface area contributed by atoms with E-state index in [2.05, 4.69) is 9.47 Å². The molecule has 0 N–H and O–H groups in total. The van der Waals surface area contributed by atoms with Crippen molar-refractivity contribution in [2.75, 3.05) is 14.2 Å². The molecule has 0 aliphatic carbocycles. The average Bonchev–Trinajstić information content (AvgIpc) is 2.56. The highest BCUT2D eigenvalue weighted by Gasteiger charge is 2.13. The summed E-state index contributed by atoms with van der Waals surface area (Å²) in [5, 5.41) is 20.5. The van der Waals surface area contributed by atoms with E-state index in [9.17, 15) is 28.6 Å². The maximum Gasteiger partial charge on any atom is 0.184 e. The average molecular weight is 373 g/mol. The lowest BCUT2D eigenvalue weighted by atomic mass is 10.2. The number of halogens is 3. The predicted octanol–water partition coefficient (Wildman–Crippen LogP) is 1.05. The minimum atomic E-state index is -1.51. The Morgan fingerprint density at radius 3 is 2.12 bits per heavy atom. The van der Waals surface area contributed by atoms with E-state index in [1.807, 2.05) is 0 Å². The molecule has 0 fully saturated rings. The largest absolute Gasteiger partial charge is 0.545 e. The summed E-state index contributed by atoms with van der Waals surface area (Å²) in [4.78, 5) is 20.7. The summed E-state index contributed by atoms with van der Waals surface area (Å²) in [7, 11) is 2.48. The third kappa shape index (κ3) is 5.32. The van der Waals surface area contributed by atoms with E-state index in [1.165, 1.54) is 13.2 Å². The van der Waals surface area contributed by atoms with Gasteiger partial charge in [-0.05, 0) is 24.3 Å². The fourth-order valence-electron chi connectivity index (χ4n) is 1.69. The van der Waals surface area contributed by atoms with Crippen LogP contribution in [0.25, 0.3) is 0 Å². The van der Waals surface area contributed by atoms with E-state index in [1.54, 1.807) is 0 Å². The zero-order chi connectivity index (χ0) is 19.1. The van der Waals surface area contributed by atoms with Gasteiger partial charge in [-0.1, -0.05) is 11.6 Å². The molecular weight excluding hydrogens is 362 g/mol. The highest BCUT2D eigenvalue weighted by molar-refractivity contribution is 6.31. The molecule has 2 aromatic rings. The number of rotatable bonds is 4. The summed E-state index contributed by atoms with van der Waals surface area (Å²) in [6.45, 7) is 0. The molecular formula is C16H11ClF2O6-2. The predicted molar refractivity (Wildman–Crippen MR) is 79.6 cm³/mol. The molecule has 0 saturated heterocycles. The van der Waals surface area contributed by atoms with Crippen molar-refractivity contribution in [2.45, 2.75) is 0 Å². The molecule has 0 aliphatic heterocycles. The summed E-state index contributed by atoms with van der Waals surface area (Å²) in [5.41, 5.74) is -0.587. The van der Waals surface area contributed by atoms with Crippen LogP contribution in [0, 0.1) is 11.6 Å². The molecule has 0 saturated carbocycles. The van der Waals surface area contributed by atoms with Crippen LogP contribution in [0.5, 0.6) is 11.5 Å². The first kappa shape index (κ1) is 20.2. The molecule has 0 aliphatic rings. The van der Waals surface area contributed by atoms with Gasteiger partial charge in [0.05, 0.1) is 31.2 Å². The first-order chi connectivity index (χ1) is 11.7. The number of ether oxygens (including phenoxy) is 2. The van der Waals surface area contributed by atoms with Crippen LogP contribution in [0.2, 0.25) is 5.02 Å². The number of aromatic carboxylic acids is 2. The molecule has 9 heteroatoms. The normalized spacial score (nSPS) is 9.64. The Balaban J connectivity index is 0.000000251. The maximum atomic E-state index is 13.1. The van der Waals surface area contributed by atoms with Crippen molar-refractivity contribution in [1.82, 2.24) is 0 Å². The summed E-state index contributed by atoms with van der Waals surface area (Å²) >= 11 is 5.40. The first-order valence-electron chi connectivity index (χ1n) is 6.50. The first-order valence-corrected chi connectivity index (χ1v) is 6.88. The molecule has 0 bridgehead atoms.